The number of fused-ring (bicyclic) bond motifs is 3. The Kier molecular flexibility index (Phi) is 4.83. The first-order valence-electron chi connectivity index (χ1n) is 8.80. The first-order chi connectivity index (χ1) is 12.7. The molecule has 134 valence electrons. The van der Waals surface area contributed by atoms with Gasteiger partial charge in [0.25, 0.3) is 5.56 Å². The average molecular weight is 387 g/mol. The molecule has 4 rings (SSSR count). The third kappa shape index (κ3) is 3.29. The fourth-order valence-electron chi connectivity index (χ4n) is 3.32. The highest BCUT2D eigenvalue weighted by atomic mass is 35.5. The van der Waals surface area contributed by atoms with Crippen molar-refractivity contribution in [2.45, 2.75) is 32.6 Å². The van der Waals surface area contributed by atoms with E-state index in [0.29, 0.717) is 17.5 Å². The van der Waals surface area contributed by atoms with Gasteiger partial charge in [0.05, 0.1) is 17.0 Å². The maximum atomic E-state index is 12.6. The third-order valence-corrected chi connectivity index (χ3v) is 6.01. The second-order valence-electron chi connectivity index (χ2n) is 6.30. The van der Waals surface area contributed by atoms with Crippen molar-refractivity contribution in [3.63, 3.8) is 0 Å². The summed E-state index contributed by atoms with van der Waals surface area (Å²) < 4.78 is 5.44. The average Bonchev–Trinajstić information content (AvgIpc) is 3.02. The van der Waals surface area contributed by atoms with Gasteiger partial charge in [0, 0.05) is 4.88 Å². The van der Waals surface area contributed by atoms with Crippen LogP contribution in [0.25, 0.3) is 21.3 Å². The molecule has 1 aromatic carbocycles. The molecule has 0 spiro atoms. The molecule has 0 radical (unpaired) electrons. The summed E-state index contributed by atoms with van der Waals surface area (Å²) in [6.07, 6.45) is 6.13. The van der Waals surface area contributed by atoms with E-state index in [0.717, 1.165) is 40.8 Å². The molecule has 3 aromatic rings. The lowest BCUT2D eigenvalue weighted by Crippen LogP contribution is -2.12. The number of nitrogens with one attached hydrogen (secondary N) is 1. The van der Waals surface area contributed by atoms with Gasteiger partial charge in [-0.15, -0.1) is 11.3 Å². The number of benzene rings is 1. The lowest BCUT2D eigenvalue weighted by atomic mass is 9.97. The highest BCUT2D eigenvalue weighted by molar-refractivity contribution is 7.18. The zero-order valence-electron chi connectivity index (χ0n) is 14.5. The van der Waals surface area contributed by atoms with Crippen LogP contribution in [0.1, 0.15) is 41.6 Å². The van der Waals surface area contributed by atoms with Gasteiger partial charge in [-0.25, -0.2) is 4.98 Å². The van der Waals surface area contributed by atoms with Gasteiger partial charge in [-0.1, -0.05) is 23.7 Å². The van der Waals surface area contributed by atoms with E-state index in [1.165, 1.54) is 16.9 Å². The minimum atomic E-state index is -0.0948. The van der Waals surface area contributed by atoms with Gasteiger partial charge in [-0.3, -0.25) is 4.79 Å². The molecule has 0 saturated heterocycles. The van der Waals surface area contributed by atoms with E-state index < -0.39 is 0 Å². The molecule has 0 bridgehead atoms. The van der Waals surface area contributed by atoms with Crippen LogP contribution in [0.3, 0.4) is 0 Å². The third-order valence-electron chi connectivity index (χ3n) is 4.54. The van der Waals surface area contributed by atoms with Crippen LogP contribution >= 0.6 is 22.9 Å². The topological polar surface area (TPSA) is 55.0 Å². The van der Waals surface area contributed by atoms with E-state index in [2.05, 4.69) is 9.97 Å². The van der Waals surface area contributed by atoms with E-state index in [4.69, 9.17) is 16.3 Å². The van der Waals surface area contributed by atoms with Crippen LogP contribution in [0.15, 0.2) is 29.1 Å². The van der Waals surface area contributed by atoms with Crippen molar-refractivity contribution >= 4 is 44.3 Å². The Balaban J connectivity index is 1.70. The number of ether oxygens (including phenoxy) is 1. The van der Waals surface area contributed by atoms with Crippen molar-refractivity contribution in [3.8, 4) is 5.75 Å². The molecule has 2 heterocycles. The molecule has 0 aliphatic heterocycles. The number of halogens is 1. The molecule has 26 heavy (non-hydrogen) atoms. The molecule has 0 amide bonds. The maximum Gasteiger partial charge on any atom is 0.260 e. The van der Waals surface area contributed by atoms with Gasteiger partial charge in [-0.2, -0.15) is 0 Å². The lowest BCUT2D eigenvalue weighted by Gasteiger charge is -2.09. The first-order valence-corrected chi connectivity index (χ1v) is 10.00. The highest BCUT2D eigenvalue weighted by Crippen LogP contribution is 2.34. The van der Waals surface area contributed by atoms with Gasteiger partial charge >= 0.3 is 0 Å². The smallest absolute Gasteiger partial charge is 0.260 e. The molecule has 1 aliphatic carbocycles. The number of H-pyrrole nitrogens is 1. The quantitative estimate of drug-likeness (QED) is 0.686. The number of rotatable bonds is 4. The summed E-state index contributed by atoms with van der Waals surface area (Å²) in [4.78, 5) is 22.2. The van der Waals surface area contributed by atoms with E-state index in [1.807, 2.05) is 31.2 Å². The standard InChI is InChI=1S/C20H19ClN2O2S/c1-2-25-13-9-7-12(8-10-13)11-15(21)18-22-19(24)17-14-5-3-4-6-16(14)26-20(17)23-18/h7-11H,2-6H2,1H3,(H,22,23,24)/b15-11-. The Morgan fingerprint density at radius 1 is 1.31 bits per heavy atom. The number of aromatic nitrogens is 2. The summed E-state index contributed by atoms with van der Waals surface area (Å²) in [6.45, 7) is 2.58. The predicted octanol–water partition coefficient (Wildman–Crippen LogP) is 5.00. The Labute approximate surface area is 160 Å². The summed E-state index contributed by atoms with van der Waals surface area (Å²) >= 11 is 8.07. The maximum absolute atomic E-state index is 12.6. The SMILES string of the molecule is CCOc1ccc(/C=C(\Cl)c2nc3sc4c(c3c(=O)[nH]2)CCCC4)cc1. The van der Waals surface area contributed by atoms with Crippen LogP contribution in [0.5, 0.6) is 5.75 Å². The number of thiophene rings is 1. The lowest BCUT2D eigenvalue weighted by molar-refractivity contribution is 0.340. The summed E-state index contributed by atoms with van der Waals surface area (Å²) in [5.74, 6) is 1.23. The Morgan fingerprint density at radius 3 is 2.85 bits per heavy atom. The van der Waals surface area contributed by atoms with Crippen molar-refractivity contribution in [2.75, 3.05) is 6.61 Å². The van der Waals surface area contributed by atoms with Crippen molar-refractivity contribution in [2.24, 2.45) is 0 Å². The zero-order chi connectivity index (χ0) is 18.1. The normalized spacial score (nSPS) is 14.5. The molecule has 0 unspecified atom stereocenters. The molecule has 1 aliphatic rings. The molecule has 1 N–H and O–H groups in total. The molecule has 0 fully saturated rings. The Hall–Kier alpha value is -2.11. The fraction of sp³-hybridized carbons (Fsp3) is 0.300. The molecular weight excluding hydrogens is 368 g/mol. The number of nitrogens with zero attached hydrogens (tertiary/aromatic N) is 1. The molecule has 6 heteroatoms. The number of aryl methyl sites for hydroxylation is 2. The van der Waals surface area contributed by atoms with Crippen LogP contribution in [0, 0.1) is 0 Å². The molecule has 0 atom stereocenters. The zero-order valence-corrected chi connectivity index (χ0v) is 16.0. The number of aromatic amines is 1. The van der Waals surface area contributed by atoms with Gasteiger partial charge in [0.2, 0.25) is 0 Å². The predicted molar refractivity (Wildman–Crippen MR) is 108 cm³/mol. The minimum absolute atomic E-state index is 0.0948. The van der Waals surface area contributed by atoms with E-state index in [-0.39, 0.29) is 5.56 Å². The summed E-state index contributed by atoms with van der Waals surface area (Å²) in [5.41, 5.74) is 2.01. The van der Waals surface area contributed by atoms with Crippen molar-refractivity contribution < 1.29 is 4.74 Å². The van der Waals surface area contributed by atoms with Crippen LogP contribution in [0.2, 0.25) is 0 Å². The van der Waals surface area contributed by atoms with E-state index in [1.54, 1.807) is 17.4 Å². The molecule has 2 aromatic heterocycles. The van der Waals surface area contributed by atoms with Crippen molar-refractivity contribution in [1.82, 2.24) is 9.97 Å². The number of hydrogen-bond acceptors (Lipinski definition) is 4. The van der Waals surface area contributed by atoms with Crippen LogP contribution in [-0.2, 0) is 12.8 Å². The van der Waals surface area contributed by atoms with Crippen LogP contribution in [0.4, 0.5) is 0 Å². The largest absolute Gasteiger partial charge is 0.494 e. The summed E-state index contributed by atoms with van der Waals surface area (Å²) in [7, 11) is 0. The van der Waals surface area contributed by atoms with Gasteiger partial charge in [-0.05, 0) is 61.9 Å². The van der Waals surface area contributed by atoms with E-state index >= 15 is 0 Å². The van der Waals surface area contributed by atoms with Crippen molar-refractivity contribution in [1.29, 1.82) is 0 Å². The van der Waals surface area contributed by atoms with Crippen molar-refractivity contribution in [3.05, 3.63) is 56.4 Å². The van der Waals surface area contributed by atoms with Crippen LogP contribution in [-0.4, -0.2) is 16.6 Å². The van der Waals surface area contributed by atoms with Gasteiger partial charge in [0.15, 0.2) is 5.82 Å². The fourth-order valence-corrected chi connectivity index (χ4v) is 4.80. The minimum Gasteiger partial charge on any atom is -0.494 e. The Morgan fingerprint density at radius 2 is 2.08 bits per heavy atom. The van der Waals surface area contributed by atoms with Gasteiger partial charge in [0.1, 0.15) is 10.6 Å². The monoisotopic (exact) mass is 386 g/mol. The van der Waals surface area contributed by atoms with E-state index in [9.17, 15) is 4.79 Å². The first kappa shape index (κ1) is 17.3. The summed E-state index contributed by atoms with van der Waals surface area (Å²) in [6, 6.07) is 7.64. The second-order valence-corrected chi connectivity index (χ2v) is 7.79. The second kappa shape index (κ2) is 7.25. The molecule has 0 saturated carbocycles. The van der Waals surface area contributed by atoms with Crippen LogP contribution < -0.4 is 10.3 Å². The molecular formula is C20H19ClN2O2S. The summed E-state index contributed by atoms with van der Waals surface area (Å²) in [5, 5.41) is 1.17. The number of hydrogen-bond donors (Lipinski definition) is 1. The molecule has 4 nitrogen and oxygen atoms in total. The van der Waals surface area contributed by atoms with Gasteiger partial charge < -0.3 is 9.72 Å². The Bertz CT molecular complexity index is 1030. The highest BCUT2D eigenvalue weighted by Gasteiger charge is 2.20.